The highest BCUT2D eigenvalue weighted by molar-refractivity contribution is 8.27. The molecule has 0 aromatic heterocycles. The third kappa shape index (κ3) is 3.32. The van der Waals surface area contributed by atoms with Gasteiger partial charge in [0.1, 0.15) is 11.8 Å². The van der Waals surface area contributed by atoms with Crippen molar-refractivity contribution in [3.63, 3.8) is 0 Å². The fourth-order valence-corrected chi connectivity index (χ4v) is 3.54. The normalized spacial score (nSPS) is 15.6. The maximum Gasteiger partial charge on any atom is 0.270 e. The van der Waals surface area contributed by atoms with Gasteiger partial charge in [-0.1, -0.05) is 60.4 Å². The Morgan fingerprint density at radius 1 is 1.17 bits per heavy atom. The average molecular weight is 352 g/mol. The lowest BCUT2D eigenvalue weighted by molar-refractivity contribution is -0.113. The van der Waals surface area contributed by atoms with Gasteiger partial charge in [0, 0.05) is 5.56 Å². The number of thiocarbonyl (C=S) groups is 1. The van der Waals surface area contributed by atoms with E-state index in [2.05, 4.69) is 0 Å². The second-order valence-electron chi connectivity index (χ2n) is 4.84. The van der Waals surface area contributed by atoms with Crippen molar-refractivity contribution in [3.8, 4) is 11.8 Å². The van der Waals surface area contributed by atoms with E-state index >= 15 is 0 Å². The smallest absolute Gasteiger partial charge is 0.270 e. The summed E-state index contributed by atoms with van der Waals surface area (Å²) in [6.07, 6.45) is 1.74. The summed E-state index contributed by atoms with van der Waals surface area (Å²) in [6, 6.07) is 18.5. The predicted octanol–water partition coefficient (Wildman–Crippen LogP) is 3.99. The summed E-state index contributed by atoms with van der Waals surface area (Å²) in [5.74, 6) is 0.398. The molecule has 2 aromatic rings. The van der Waals surface area contributed by atoms with Crippen molar-refractivity contribution in [3.05, 3.63) is 65.1 Å². The van der Waals surface area contributed by atoms with Gasteiger partial charge in [-0.25, -0.2) is 0 Å². The number of para-hydroxylation sites is 2. The van der Waals surface area contributed by atoms with Crippen LogP contribution in [0.25, 0.3) is 6.08 Å². The molecule has 1 aliphatic rings. The number of rotatable bonds is 4. The maximum atomic E-state index is 12.7. The third-order valence-corrected chi connectivity index (χ3v) is 4.61. The molecular weight excluding hydrogens is 340 g/mol. The predicted molar refractivity (Wildman–Crippen MR) is 99.6 cm³/mol. The largest absolute Gasteiger partial charge is 0.478 e. The summed E-state index contributed by atoms with van der Waals surface area (Å²) in [6.45, 7) is -0.0458. The van der Waals surface area contributed by atoms with Crippen LogP contribution < -0.4 is 9.64 Å². The van der Waals surface area contributed by atoms with Crippen LogP contribution in [-0.4, -0.2) is 16.8 Å². The monoisotopic (exact) mass is 352 g/mol. The van der Waals surface area contributed by atoms with Gasteiger partial charge in [0.25, 0.3) is 5.91 Å². The van der Waals surface area contributed by atoms with Crippen LogP contribution in [0.1, 0.15) is 5.56 Å². The molecule has 6 heteroatoms. The van der Waals surface area contributed by atoms with Gasteiger partial charge in [-0.05, 0) is 24.3 Å². The molecule has 0 bridgehead atoms. The van der Waals surface area contributed by atoms with Gasteiger partial charge in [0.2, 0.25) is 0 Å². The summed E-state index contributed by atoms with van der Waals surface area (Å²) in [4.78, 5) is 14.7. The molecule has 0 radical (unpaired) electrons. The molecule has 1 amide bonds. The number of benzene rings is 2. The standard InChI is InChI=1S/C18H12N2O2S2/c19-10-11-22-15-9-5-4-6-13(15)12-16-17(21)20(18(23)24-16)14-7-2-1-3-8-14/h1-9,12H,11H2/b16-12-. The Balaban J connectivity index is 1.92. The molecule has 0 spiro atoms. The Hall–Kier alpha value is -2.62. The molecule has 4 nitrogen and oxygen atoms in total. The molecule has 3 rings (SSSR count). The fourth-order valence-electron chi connectivity index (χ4n) is 2.25. The molecule has 0 N–H and O–H groups in total. The number of amides is 1. The van der Waals surface area contributed by atoms with Crippen LogP contribution >= 0.6 is 24.0 Å². The third-order valence-electron chi connectivity index (χ3n) is 3.31. The van der Waals surface area contributed by atoms with Crippen LogP contribution in [0.4, 0.5) is 5.69 Å². The lowest BCUT2D eigenvalue weighted by Crippen LogP contribution is -2.27. The first-order valence-electron chi connectivity index (χ1n) is 7.12. The Bertz CT molecular complexity index is 857. The van der Waals surface area contributed by atoms with E-state index < -0.39 is 0 Å². The molecule has 2 aromatic carbocycles. The van der Waals surface area contributed by atoms with Gasteiger partial charge in [-0.2, -0.15) is 5.26 Å². The lowest BCUT2D eigenvalue weighted by atomic mass is 10.2. The number of anilines is 1. The van der Waals surface area contributed by atoms with Gasteiger partial charge in [0.05, 0.1) is 10.6 Å². The zero-order chi connectivity index (χ0) is 16.9. The van der Waals surface area contributed by atoms with Gasteiger partial charge >= 0.3 is 0 Å². The van der Waals surface area contributed by atoms with Crippen LogP contribution in [0.15, 0.2) is 59.5 Å². The van der Waals surface area contributed by atoms with Crippen LogP contribution in [0, 0.1) is 11.3 Å². The van der Waals surface area contributed by atoms with Crippen LogP contribution in [-0.2, 0) is 4.79 Å². The molecule has 0 atom stereocenters. The molecule has 0 unspecified atom stereocenters. The van der Waals surface area contributed by atoms with Crippen molar-refractivity contribution in [2.75, 3.05) is 11.5 Å². The zero-order valence-electron chi connectivity index (χ0n) is 12.5. The summed E-state index contributed by atoms with van der Waals surface area (Å²) in [5, 5.41) is 8.67. The molecule has 1 heterocycles. The minimum absolute atomic E-state index is 0.0458. The second-order valence-corrected chi connectivity index (χ2v) is 6.51. The minimum Gasteiger partial charge on any atom is -0.478 e. The molecule has 0 aliphatic carbocycles. The van der Waals surface area contributed by atoms with Crippen LogP contribution in [0.5, 0.6) is 5.75 Å². The van der Waals surface area contributed by atoms with Crippen LogP contribution in [0.3, 0.4) is 0 Å². The molecule has 1 aliphatic heterocycles. The first-order valence-corrected chi connectivity index (χ1v) is 8.35. The van der Waals surface area contributed by atoms with Gasteiger partial charge < -0.3 is 4.74 Å². The van der Waals surface area contributed by atoms with Crippen LogP contribution in [0.2, 0.25) is 0 Å². The number of thioether (sulfide) groups is 1. The summed E-state index contributed by atoms with van der Waals surface area (Å²) in [7, 11) is 0. The summed E-state index contributed by atoms with van der Waals surface area (Å²) in [5.41, 5.74) is 1.48. The van der Waals surface area contributed by atoms with E-state index in [1.807, 2.05) is 54.6 Å². The number of hydrogen-bond acceptors (Lipinski definition) is 5. The number of carbonyl (C=O) groups is 1. The van der Waals surface area contributed by atoms with E-state index in [9.17, 15) is 4.79 Å². The lowest BCUT2D eigenvalue weighted by Gasteiger charge is -2.13. The van der Waals surface area contributed by atoms with Gasteiger partial charge in [-0.15, -0.1) is 0 Å². The van der Waals surface area contributed by atoms with E-state index in [0.717, 1.165) is 11.3 Å². The highest BCUT2D eigenvalue weighted by Gasteiger charge is 2.33. The Morgan fingerprint density at radius 2 is 1.88 bits per heavy atom. The Labute approximate surface area is 149 Å². The fraction of sp³-hybridized carbons (Fsp3) is 0.0556. The highest BCUT2D eigenvalue weighted by Crippen LogP contribution is 2.36. The number of hydrogen-bond donors (Lipinski definition) is 0. The van der Waals surface area contributed by atoms with E-state index in [0.29, 0.717) is 15.0 Å². The van der Waals surface area contributed by atoms with Crippen molar-refractivity contribution in [2.45, 2.75) is 0 Å². The van der Waals surface area contributed by atoms with Crippen molar-refractivity contribution in [1.82, 2.24) is 0 Å². The van der Waals surface area contributed by atoms with E-state index in [-0.39, 0.29) is 12.5 Å². The number of nitrogens with zero attached hydrogens (tertiary/aromatic N) is 2. The Morgan fingerprint density at radius 3 is 2.62 bits per heavy atom. The topological polar surface area (TPSA) is 53.3 Å². The highest BCUT2D eigenvalue weighted by atomic mass is 32.2. The SMILES string of the molecule is N#CCOc1ccccc1/C=C1\SC(=S)N(c2ccccc2)C1=O. The van der Waals surface area contributed by atoms with Gasteiger partial charge in [-0.3, -0.25) is 9.69 Å². The quantitative estimate of drug-likeness (QED) is 0.615. The molecule has 118 valence electrons. The number of carbonyl (C=O) groups excluding carboxylic acids is 1. The maximum absolute atomic E-state index is 12.7. The molecule has 24 heavy (non-hydrogen) atoms. The molecule has 0 saturated carbocycles. The second kappa shape index (κ2) is 7.30. The molecular formula is C18H12N2O2S2. The molecule has 1 fully saturated rings. The summed E-state index contributed by atoms with van der Waals surface area (Å²) >= 11 is 6.60. The van der Waals surface area contributed by atoms with Crippen molar-refractivity contribution in [2.24, 2.45) is 0 Å². The first kappa shape index (κ1) is 16.2. The van der Waals surface area contributed by atoms with Crippen molar-refractivity contribution in [1.29, 1.82) is 5.26 Å². The van der Waals surface area contributed by atoms with Crippen molar-refractivity contribution >= 4 is 46.0 Å². The zero-order valence-corrected chi connectivity index (χ0v) is 14.1. The van der Waals surface area contributed by atoms with Gasteiger partial charge in [0.15, 0.2) is 10.9 Å². The first-order chi connectivity index (χ1) is 11.7. The Kier molecular flexibility index (Phi) is 4.94. The van der Waals surface area contributed by atoms with Crippen molar-refractivity contribution < 1.29 is 9.53 Å². The van der Waals surface area contributed by atoms with E-state index in [4.69, 9.17) is 22.2 Å². The minimum atomic E-state index is -0.161. The molecule has 1 saturated heterocycles. The average Bonchev–Trinajstić information content (AvgIpc) is 2.88. The number of nitriles is 1. The van der Waals surface area contributed by atoms with E-state index in [1.165, 1.54) is 16.7 Å². The summed E-state index contributed by atoms with van der Waals surface area (Å²) < 4.78 is 5.89. The van der Waals surface area contributed by atoms with E-state index in [1.54, 1.807) is 12.1 Å². The number of ether oxygens (including phenoxy) is 1.